The summed E-state index contributed by atoms with van der Waals surface area (Å²) in [6.07, 6.45) is 3.92. The molecule has 0 aromatic rings. The summed E-state index contributed by atoms with van der Waals surface area (Å²) in [6.45, 7) is 9.78. The molecule has 1 saturated carbocycles. The molecule has 0 bridgehead atoms. The van der Waals surface area contributed by atoms with Crippen LogP contribution in [0.3, 0.4) is 0 Å². The van der Waals surface area contributed by atoms with Crippen LogP contribution in [0.25, 0.3) is 0 Å². The first-order valence-electron chi connectivity index (χ1n) is 6.38. The Morgan fingerprint density at radius 3 is 2.44 bits per heavy atom. The fraction of sp³-hybridized carbons (Fsp3) is 0.923. The van der Waals surface area contributed by atoms with Gasteiger partial charge < -0.3 is 10.1 Å². The molecule has 1 fully saturated rings. The second-order valence-corrected chi connectivity index (χ2v) is 5.57. The van der Waals surface area contributed by atoms with Gasteiger partial charge in [-0.05, 0) is 44.6 Å². The first-order chi connectivity index (χ1) is 7.46. The molecule has 0 aliphatic heterocycles. The van der Waals surface area contributed by atoms with E-state index in [1.54, 1.807) is 0 Å². The van der Waals surface area contributed by atoms with Gasteiger partial charge in [0.05, 0.1) is 6.61 Å². The summed E-state index contributed by atoms with van der Waals surface area (Å²) < 4.78 is 5.22. The summed E-state index contributed by atoms with van der Waals surface area (Å²) in [5.41, 5.74) is -0.178. The van der Waals surface area contributed by atoms with Gasteiger partial charge in [0.2, 0.25) is 0 Å². The molecule has 1 atom stereocenters. The van der Waals surface area contributed by atoms with Gasteiger partial charge in [-0.1, -0.05) is 20.8 Å². The van der Waals surface area contributed by atoms with Crippen molar-refractivity contribution in [2.45, 2.75) is 58.9 Å². The first kappa shape index (κ1) is 13.5. The second-order valence-electron chi connectivity index (χ2n) is 5.57. The van der Waals surface area contributed by atoms with E-state index in [1.165, 1.54) is 0 Å². The van der Waals surface area contributed by atoms with Gasteiger partial charge in [-0.15, -0.1) is 0 Å². The van der Waals surface area contributed by atoms with Crippen molar-refractivity contribution in [3.63, 3.8) is 0 Å². The molecule has 1 rings (SSSR count). The number of hydrogen-bond acceptors (Lipinski definition) is 3. The van der Waals surface area contributed by atoms with Gasteiger partial charge in [0, 0.05) is 0 Å². The molecule has 0 radical (unpaired) electrons. The standard InChI is InChI=1S/C13H25NO2/c1-5-9-14-13(11(15)16-6-2)8-7-12(3,4)10-13/h14H,5-10H2,1-4H3. The maximum absolute atomic E-state index is 12.1. The zero-order valence-electron chi connectivity index (χ0n) is 11.1. The van der Waals surface area contributed by atoms with Crippen molar-refractivity contribution in [2.75, 3.05) is 13.2 Å². The normalized spacial score (nSPS) is 28.0. The number of ether oxygens (including phenoxy) is 1. The minimum Gasteiger partial charge on any atom is -0.465 e. The fourth-order valence-corrected chi connectivity index (χ4v) is 2.58. The van der Waals surface area contributed by atoms with Gasteiger partial charge in [0.25, 0.3) is 0 Å². The molecule has 1 N–H and O–H groups in total. The molecule has 0 aromatic heterocycles. The van der Waals surface area contributed by atoms with Gasteiger partial charge in [0.1, 0.15) is 5.54 Å². The molecule has 0 aromatic carbocycles. The Morgan fingerprint density at radius 2 is 2.00 bits per heavy atom. The minimum absolute atomic E-state index is 0.0611. The minimum atomic E-state index is -0.421. The number of carbonyl (C=O) groups is 1. The summed E-state index contributed by atoms with van der Waals surface area (Å²) in [5, 5.41) is 3.41. The van der Waals surface area contributed by atoms with Crippen molar-refractivity contribution in [2.24, 2.45) is 5.41 Å². The van der Waals surface area contributed by atoms with E-state index < -0.39 is 5.54 Å². The topological polar surface area (TPSA) is 38.3 Å². The summed E-state index contributed by atoms with van der Waals surface area (Å²) in [6, 6.07) is 0. The van der Waals surface area contributed by atoms with E-state index in [4.69, 9.17) is 4.74 Å². The number of esters is 1. The van der Waals surface area contributed by atoms with Crippen LogP contribution in [0, 0.1) is 5.41 Å². The maximum Gasteiger partial charge on any atom is 0.326 e. The number of nitrogens with one attached hydrogen (secondary N) is 1. The zero-order chi connectivity index (χ0) is 12.2. The van der Waals surface area contributed by atoms with Crippen molar-refractivity contribution in [3.05, 3.63) is 0 Å². The van der Waals surface area contributed by atoms with Crippen LogP contribution in [0.4, 0.5) is 0 Å². The highest BCUT2D eigenvalue weighted by molar-refractivity contribution is 5.81. The molecule has 3 heteroatoms. The van der Waals surface area contributed by atoms with Crippen LogP contribution in [-0.2, 0) is 9.53 Å². The molecular formula is C13H25NO2. The van der Waals surface area contributed by atoms with E-state index >= 15 is 0 Å². The summed E-state index contributed by atoms with van der Waals surface area (Å²) in [5.74, 6) is -0.0611. The van der Waals surface area contributed by atoms with E-state index in [9.17, 15) is 4.79 Å². The van der Waals surface area contributed by atoms with E-state index in [2.05, 4.69) is 26.1 Å². The third-order valence-corrected chi connectivity index (χ3v) is 3.39. The Morgan fingerprint density at radius 1 is 1.31 bits per heavy atom. The Hall–Kier alpha value is -0.570. The molecule has 1 aliphatic carbocycles. The lowest BCUT2D eigenvalue weighted by Gasteiger charge is -2.29. The van der Waals surface area contributed by atoms with E-state index in [1.807, 2.05) is 6.92 Å². The highest BCUT2D eigenvalue weighted by Gasteiger charge is 2.49. The Balaban J connectivity index is 2.74. The fourth-order valence-electron chi connectivity index (χ4n) is 2.58. The molecule has 0 saturated heterocycles. The first-order valence-corrected chi connectivity index (χ1v) is 6.38. The lowest BCUT2D eigenvalue weighted by molar-refractivity contribution is -0.151. The van der Waals surface area contributed by atoms with Crippen LogP contribution in [0.2, 0.25) is 0 Å². The van der Waals surface area contributed by atoms with Crippen molar-refractivity contribution >= 4 is 5.97 Å². The Bertz CT molecular complexity index is 250. The van der Waals surface area contributed by atoms with Crippen LogP contribution >= 0.6 is 0 Å². The van der Waals surface area contributed by atoms with E-state index in [0.29, 0.717) is 6.61 Å². The van der Waals surface area contributed by atoms with Crippen molar-refractivity contribution in [1.82, 2.24) is 5.32 Å². The molecular weight excluding hydrogens is 202 g/mol. The highest BCUT2D eigenvalue weighted by Crippen LogP contribution is 2.44. The molecule has 16 heavy (non-hydrogen) atoms. The number of hydrogen-bond donors (Lipinski definition) is 1. The van der Waals surface area contributed by atoms with Crippen LogP contribution in [-0.4, -0.2) is 24.7 Å². The van der Waals surface area contributed by atoms with Gasteiger partial charge >= 0.3 is 5.97 Å². The van der Waals surface area contributed by atoms with Crippen LogP contribution in [0.5, 0.6) is 0 Å². The second kappa shape index (κ2) is 5.17. The average molecular weight is 227 g/mol. The Kier molecular flexibility index (Phi) is 4.36. The SMILES string of the molecule is CCCNC1(C(=O)OCC)CCC(C)(C)C1. The molecule has 0 heterocycles. The predicted molar refractivity (Wildman–Crippen MR) is 65.3 cm³/mol. The Labute approximate surface area is 98.9 Å². The monoisotopic (exact) mass is 227 g/mol. The quantitative estimate of drug-likeness (QED) is 0.733. The lowest BCUT2D eigenvalue weighted by Crippen LogP contribution is -2.51. The average Bonchev–Trinajstić information content (AvgIpc) is 2.53. The van der Waals surface area contributed by atoms with Crippen molar-refractivity contribution < 1.29 is 9.53 Å². The third kappa shape index (κ3) is 2.97. The number of rotatable bonds is 5. The molecule has 1 unspecified atom stereocenters. The zero-order valence-corrected chi connectivity index (χ0v) is 11.1. The largest absolute Gasteiger partial charge is 0.465 e. The molecule has 0 spiro atoms. The summed E-state index contributed by atoms with van der Waals surface area (Å²) in [7, 11) is 0. The van der Waals surface area contributed by atoms with Gasteiger partial charge in [0.15, 0.2) is 0 Å². The van der Waals surface area contributed by atoms with Gasteiger partial charge in [-0.2, -0.15) is 0 Å². The molecule has 0 amide bonds. The molecule has 3 nitrogen and oxygen atoms in total. The van der Waals surface area contributed by atoms with E-state index in [0.717, 1.165) is 32.2 Å². The highest BCUT2D eigenvalue weighted by atomic mass is 16.5. The number of carbonyl (C=O) groups excluding carboxylic acids is 1. The van der Waals surface area contributed by atoms with Crippen LogP contribution < -0.4 is 5.32 Å². The smallest absolute Gasteiger partial charge is 0.326 e. The van der Waals surface area contributed by atoms with E-state index in [-0.39, 0.29) is 11.4 Å². The predicted octanol–water partition coefficient (Wildman–Crippen LogP) is 2.50. The van der Waals surface area contributed by atoms with Crippen LogP contribution in [0.1, 0.15) is 53.4 Å². The van der Waals surface area contributed by atoms with Crippen molar-refractivity contribution in [3.8, 4) is 0 Å². The summed E-state index contributed by atoms with van der Waals surface area (Å²) in [4.78, 5) is 12.1. The third-order valence-electron chi connectivity index (χ3n) is 3.39. The lowest BCUT2D eigenvalue weighted by atomic mass is 9.87. The molecule has 1 aliphatic rings. The molecule has 94 valence electrons. The van der Waals surface area contributed by atoms with Gasteiger partial charge in [-0.3, -0.25) is 4.79 Å². The van der Waals surface area contributed by atoms with Crippen LogP contribution in [0.15, 0.2) is 0 Å². The maximum atomic E-state index is 12.1. The van der Waals surface area contributed by atoms with Crippen molar-refractivity contribution in [1.29, 1.82) is 0 Å². The summed E-state index contributed by atoms with van der Waals surface area (Å²) >= 11 is 0. The van der Waals surface area contributed by atoms with Gasteiger partial charge in [-0.25, -0.2) is 0 Å².